The van der Waals surface area contributed by atoms with Crippen LogP contribution in [0.15, 0.2) is 57.4 Å². The number of allylic oxidation sites excluding steroid dienone is 1. The summed E-state index contributed by atoms with van der Waals surface area (Å²) in [4.78, 5) is 37.9. The standard InChI is InChI=1S/C30H39N7O3S/c1-18(2)27(36-25(16-38)32-14-23-12-13-24(15-31-23)41(7)39)29(37(5)20(4)21-8-9-21)35-19(3)26-28(22-10-11-22)33-17-34-30(26)40-6/h12-13,15-17,20-22H,3,8-11,14H2,1-2,4-7H3,(H,32,36)/b35-29+. The molecule has 0 bridgehead atoms. The van der Waals surface area contributed by atoms with Crippen LogP contribution >= 0.6 is 0 Å². The van der Waals surface area contributed by atoms with Gasteiger partial charge in [0.25, 0.3) is 0 Å². The van der Waals surface area contributed by atoms with Crippen molar-refractivity contribution in [2.75, 3.05) is 20.4 Å². The number of aldehydes is 1. The lowest BCUT2D eigenvalue weighted by atomic mass is 10.1. The van der Waals surface area contributed by atoms with E-state index in [0.29, 0.717) is 57.4 Å². The van der Waals surface area contributed by atoms with Gasteiger partial charge in [0.1, 0.15) is 18.3 Å². The van der Waals surface area contributed by atoms with E-state index in [1.54, 1.807) is 31.7 Å². The third kappa shape index (κ3) is 7.59. The fourth-order valence-corrected chi connectivity index (χ4v) is 4.99. The first-order chi connectivity index (χ1) is 19.6. The first-order valence-electron chi connectivity index (χ1n) is 13.8. The number of methoxy groups -OCH3 is 1. The van der Waals surface area contributed by atoms with Gasteiger partial charge in [0.2, 0.25) is 5.88 Å². The summed E-state index contributed by atoms with van der Waals surface area (Å²) in [6, 6.07) is 3.76. The Balaban J connectivity index is 1.70. The number of likely N-dealkylation sites (N-methyl/N-ethyl adjacent to an activating group) is 1. The molecule has 2 saturated carbocycles. The van der Waals surface area contributed by atoms with Crippen LogP contribution in [0.3, 0.4) is 0 Å². The number of nitrogens with one attached hydrogen (secondary N) is 1. The molecule has 11 heteroatoms. The minimum Gasteiger partial charge on any atom is -0.612 e. The Hall–Kier alpha value is -3.57. The van der Waals surface area contributed by atoms with Gasteiger partial charge in [-0.2, -0.15) is 0 Å². The number of carbonyl (C=O) groups is 1. The monoisotopic (exact) mass is 577 g/mol. The Labute approximate surface area is 245 Å². The molecule has 2 aliphatic rings. The van der Waals surface area contributed by atoms with Gasteiger partial charge in [0, 0.05) is 19.0 Å². The van der Waals surface area contributed by atoms with E-state index >= 15 is 0 Å². The third-order valence-electron chi connectivity index (χ3n) is 7.39. The Kier molecular flexibility index (Phi) is 9.93. The summed E-state index contributed by atoms with van der Waals surface area (Å²) in [5, 5.41) is 3.09. The Bertz CT molecular complexity index is 1360. The molecular formula is C30H39N7O3S. The smallest absolute Gasteiger partial charge is 0.226 e. The first-order valence-corrected chi connectivity index (χ1v) is 15.3. The fraction of sp³-hybridized carbons (Fsp3) is 0.467. The van der Waals surface area contributed by atoms with Crippen molar-refractivity contribution in [3.05, 3.63) is 59.5 Å². The van der Waals surface area contributed by atoms with Crippen LogP contribution < -0.4 is 10.1 Å². The van der Waals surface area contributed by atoms with Crippen LogP contribution in [0.5, 0.6) is 5.88 Å². The fourth-order valence-electron chi connectivity index (χ4n) is 4.52. The molecule has 2 aromatic heterocycles. The molecule has 4 rings (SSSR count). The number of rotatable bonds is 12. The normalized spacial score (nSPS) is 17.0. The highest BCUT2D eigenvalue weighted by molar-refractivity contribution is 7.90. The highest BCUT2D eigenvalue weighted by Gasteiger charge is 2.34. The highest BCUT2D eigenvalue weighted by atomic mass is 32.2. The van der Waals surface area contributed by atoms with E-state index in [-0.39, 0.29) is 18.4 Å². The van der Waals surface area contributed by atoms with Crippen molar-refractivity contribution in [2.45, 2.75) is 69.9 Å². The van der Waals surface area contributed by atoms with Gasteiger partial charge >= 0.3 is 0 Å². The molecule has 0 amide bonds. The second-order valence-electron chi connectivity index (χ2n) is 10.7. The van der Waals surface area contributed by atoms with Crippen LogP contribution in [0.4, 0.5) is 0 Å². The van der Waals surface area contributed by atoms with E-state index in [2.05, 4.69) is 38.7 Å². The number of aliphatic imine (C=N–C) groups is 2. The molecule has 2 heterocycles. The molecule has 1 N–H and O–H groups in total. The maximum absolute atomic E-state index is 12.1. The minimum atomic E-state index is -1.11. The van der Waals surface area contributed by atoms with E-state index in [9.17, 15) is 9.35 Å². The predicted molar refractivity (Wildman–Crippen MR) is 162 cm³/mol. The molecule has 10 nitrogen and oxygen atoms in total. The molecule has 2 unspecified atom stereocenters. The van der Waals surface area contributed by atoms with E-state index in [1.807, 2.05) is 20.9 Å². The number of hydrogen-bond donors (Lipinski definition) is 1. The van der Waals surface area contributed by atoms with Gasteiger partial charge in [-0.1, -0.05) is 6.58 Å². The first kappa shape index (κ1) is 30.4. The van der Waals surface area contributed by atoms with Crippen molar-refractivity contribution in [1.82, 2.24) is 25.2 Å². The largest absolute Gasteiger partial charge is 0.612 e. The molecule has 0 saturated heterocycles. The second kappa shape index (κ2) is 13.4. The summed E-state index contributed by atoms with van der Waals surface area (Å²) in [5.74, 6) is 2.10. The van der Waals surface area contributed by atoms with Crippen molar-refractivity contribution in [2.24, 2.45) is 15.9 Å². The van der Waals surface area contributed by atoms with Gasteiger partial charge in [-0.05, 0) is 81.3 Å². The number of aromatic nitrogens is 3. The Morgan fingerprint density at radius 3 is 2.51 bits per heavy atom. The topological polar surface area (TPSA) is 128 Å². The summed E-state index contributed by atoms with van der Waals surface area (Å²) in [6.07, 6.45) is 9.84. The maximum Gasteiger partial charge on any atom is 0.226 e. The van der Waals surface area contributed by atoms with Crippen LogP contribution in [0.1, 0.15) is 69.3 Å². The molecule has 2 aromatic rings. The predicted octanol–water partition coefficient (Wildman–Crippen LogP) is 4.28. The van der Waals surface area contributed by atoms with Gasteiger partial charge in [-0.3, -0.25) is 9.78 Å². The van der Waals surface area contributed by atoms with Crippen LogP contribution in [0.2, 0.25) is 0 Å². The number of ether oxygens (including phenoxy) is 1. The van der Waals surface area contributed by atoms with Crippen molar-refractivity contribution in [3.8, 4) is 5.88 Å². The van der Waals surface area contributed by atoms with E-state index in [1.165, 1.54) is 6.33 Å². The summed E-state index contributed by atoms with van der Waals surface area (Å²) in [6.45, 7) is 10.7. The summed E-state index contributed by atoms with van der Waals surface area (Å²) in [5.41, 5.74) is 4.24. The van der Waals surface area contributed by atoms with Crippen molar-refractivity contribution in [1.29, 1.82) is 0 Å². The van der Waals surface area contributed by atoms with Crippen molar-refractivity contribution in [3.63, 3.8) is 0 Å². The number of amidine groups is 2. The molecule has 218 valence electrons. The molecule has 2 atom stereocenters. The van der Waals surface area contributed by atoms with E-state index in [0.717, 1.165) is 37.0 Å². The lowest BCUT2D eigenvalue weighted by Crippen LogP contribution is -2.38. The SMILES string of the molecule is C=C(/N=C(\C(/N=C(\C=O)NCc1ccc([S+](C)[O-])cn1)=C(C)C)N(C)C(C)C1CC1)c1c(OC)ncnc1C1CC1. The molecule has 0 aliphatic heterocycles. The average molecular weight is 578 g/mol. The summed E-state index contributed by atoms with van der Waals surface area (Å²) < 4.78 is 17.3. The van der Waals surface area contributed by atoms with Gasteiger partial charge in [-0.15, -0.1) is 0 Å². The van der Waals surface area contributed by atoms with Gasteiger partial charge in [-0.25, -0.2) is 20.0 Å². The molecule has 2 fully saturated rings. The van der Waals surface area contributed by atoms with Crippen LogP contribution in [-0.2, 0) is 22.5 Å². The lowest BCUT2D eigenvalue weighted by Gasteiger charge is -2.29. The Morgan fingerprint density at radius 2 is 1.98 bits per heavy atom. The van der Waals surface area contributed by atoms with Crippen molar-refractivity contribution < 1.29 is 14.1 Å². The van der Waals surface area contributed by atoms with E-state index < -0.39 is 11.2 Å². The number of nitrogens with zero attached hydrogens (tertiary/aromatic N) is 6. The zero-order valence-corrected chi connectivity index (χ0v) is 25.5. The van der Waals surface area contributed by atoms with E-state index in [4.69, 9.17) is 14.7 Å². The van der Waals surface area contributed by atoms with Crippen LogP contribution in [-0.4, -0.2) is 68.8 Å². The van der Waals surface area contributed by atoms with Gasteiger partial charge in [0.05, 0.1) is 42.5 Å². The maximum atomic E-state index is 12.1. The quantitative estimate of drug-likeness (QED) is 0.171. The number of pyridine rings is 1. The average Bonchev–Trinajstić information content (AvgIpc) is 3.89. The van der Waals surface area contributed by atoms with Gasteiger partial charge in [0.15, 0.2) is 22.9 Å². The molecule has 0 spiro atoms. The Morgan fingerprint density at radius 1 is 1.24 bits per heavy atom. The zero-order valence-electron chi connectivity index (χ0n) is 24.7. The van der Waals surface area contributed by atoms with Crippen LogP contribution in [0, 0.1) is 5.92 Å². The summed E-state index contributed by atoms with van der Waals surface area (Å²) >= 11 is -1.11. The molecule has 0 radical (unpaired) electrons. The molecule has 2 aliphatic carbocycles. The molecular weight excluding hydrogens is 538 g/mol. The minimum absolute atomic E-state index is 0.149. The summed E-state index contributed by atoms with van der Waals surface area (Å²) in [7, 11) is 3.59. The number of hydrogen-bond acceptors (Lipinski definition) is 8. The van der Waals surface area contributed by atoms with Crippen LogP contribution in [0.25, 0.3) is 5.70 Å². The van der Waals surface area contributed by atoms with Crippen molar-refractivity contribution >= 4 is 34.8 Å². The highest BCUT2D eigenvalue weighted by Crippen LogP contribution is 2.44. The zero-order chi connectivity index (χ0) is 29.7. The third-order valence-corrected chi connectivity index (χ3v) is 8.29. The number of carbonyl (C=O) groups excluding carboxylic acids is 1. The second-order valence-corrected chi connectivity index (χ2v) is 12.1. The lowest BCUT2D eigenvalue weighted by molar-refractivity contribution is -0.102. The van der Waals surface area contributed by atoms with Gasteiger partial charge < -0.3 is 19.5 Å². The molecule has 41 heavy (non-hydrogen) atoms. The molecule has 0 aromatic carbocycles.